The number of carbonyl (C=O) groups excluding carboxylic acids is 2. The Hall–Kier alpha value is -4.62. The van der Waals surface area contributed by atoms with E-state index >= 15 is 0 Å². The largest absolute Gasteiger partial charge is 0.465 e. The number of hydrogen-bond acceptors (Lipinski definition) is 10. The van der Waals surface area contributed by atoms with Gasteiger partial charge in [-0.05, 0) is 152 Å². The summed E-state index contributed by atoms with van der Waals surface area (Å²) in [5, 5.41) is 1.08. The molecule has 8 unspecified atom stereocenters. The van der Waals surface area contributed by atoms with E-state index in [1.165, 1.54) is 118 Å². The van der Waals surface area contributed by atoms with Crippen molar-refractivity contribution in [3.05, 3.63) is 85.5 Å². The second kappa shape index (κ2) is 21.1. The monoisotopic (exact) mass is 971 g/mol. The van der Waals surface area contributed by atoms with Crippen molar-refractivity contribution >= 4 is 33.7 Å². The van der Waals surface area contributed by atoms with Gasteiger partial charge in [-0.15, -0.1) is 0 Å². The third-order valence-corrected chi connectivity index (χ3v) is 19.0. The van der Waals surface area contributed by atoms with Crippen molar-refractivity contribution in [1.82, 2.24) is 28.5 Å². The van der Waals surface area contributed by atoms with E-state index in [0.29, 0.717) is 58.1 Å². The summed E-state index contributed by atoms with van der Waals surface area (Å²) in [6.07, 6.45) is 28.8. The lowest BCUT2D eigenvalue weighted by atomic mass is 9.68. The van der Waals surface area contributed by atoms with Gasteiger partial charge in [0.25, 0.3) is 11.1 Å². The lowest BCUT2D eigenvalue weighted by molar-refractivity contribution is -0.143. The zero-order chi connectivity index (χ0) is 48.8. The van der Waals surface area contributed by atoms with Crippen LogP contribution in [0, 0.1) is 23.7 Å². The molecule has 13 heteroatoms. The fourth-order valence-electron chi connectivity index (χ4n) is 16.4. The van der Waals surface area contributed by atoms with Crippen LogP contribution in [0.5, 0.6) is 0 Å². The van der Waals surface area contributed by atoms with Gasteiger partial charge in [-0.1, -0.05) is 82.1 Å². The molecule has 0 radical (unpaired) electrons. The molecular weight excluding hydrogens is 893 g/mol. The van der Waals surface area contributed by atoms with Crippen LogP contribution < -0.4 is 16.8 Å². The van der Waals surface area contributed by atoms with E-state index in [1.807, 2.05) is 24.3 Å². The molecule has 6 heterocycles. The molecule has 2 aromatic carbocycles. The minimum Gasteiger partial charge on any atom is -0.465 e. The zero-order valence-electron chi connectivity index (χ0n) is 42.5. The van der Waals surface area contributed by atoms with Crippen molar-refractivity contribution in [3.8, 4) is 0 Å². The van der Waals surface area contributed by atoms with Crippen molar-refractivity contribution in [3.63, 3.8) is 0 Å². The summed E-state index contributed by atoms with van der Waals surface area (Å²) in [6.45, 7) is 3.91. The number of nitrogens with zero attached hydrogens (tertiary/aromatic N) is 6. The van der Waals surface area contributed by atoms with Crippen LogP contribution in [-0.4, -0.2) is 89.9 Å². The van der Waals surface area contributed by atoms with Gasteiger partial charge < -0.3 is 9.47 Å². The number of benzene rings is 2. The van der Waals surface area contributed by atoms with E-state index in [2.05, 4.69) is 14.8 Å². The second-order valence-electron chi connectivity index (χ2n) is 23.2. The molecule has 4 aliphatic carbocycles. The number of carbonyl (C=O) groups is 2. The summed E-state index contributed by atoms with van der Waals surface area (Å²) >= 11 is 0. The molecule has 13 nitrogen and oxygen atoms in total. The molecule has 0 spiro atoms. The summed E-state index contributed by atoms with van der Waals surface area (Å²) in [7, 11) is 0. The van der Waals surface area contributed by atoms with Crippen LogP contribution in [0.1, 0.15) is 184 Å². The topological polar surface area (TPSA) is 138 Å². The Balaban J connectivity index is 0.000000155. The van der Waals surface area contributed by atoms with Crippen molar-refractivity contribution in [2.24, 2.45) is 23.7 Å². The van der Waals surface area contributed by atoms with Gasteiger partial charge in [0.15, 0.2) is 0 Å². The molecule has 71 heavy (non-hydrogen) atoms. The van der Waals surface area contributed by atoms with Gasteiger partial charge in [-0.2, -0.15) is 0 Å². The van der Waals surface area contributed by atoms with Gasteiger partial charge in [0.2, 0.25) is 5.82 Å². The third-order valence-electron chi connectivity index (χ3n) is 19.0. The average molecular weight is 971 g/mol. The van der Waals surface area contributed by atoms with Gasteiger partial charge in [0.1, 0.15) is 6.54 Å². The lowest BCUT2D eigenvalue weighted by Crippen LogP contribution is -2.59. The SMILES string of the molecule is CCOC(=O)Cn1c(=O)n(C2CC3CCCC(C2)N3C2CC3CCCCC(C3)C2)c(=O)c2ccccc21.CCOC(=O)c1nc2ccccc2c(=O)n1C1CC2CCCC(C1)N2C1CC2CCCC(C2)C1. The Labute approximate surface area is 418 Å². The van der Waals surface area contributed by atoms with E-state index in [0.717, 1.165) is 62.2 Å². The quantitative estimate of drug-likeness (QED) is 0.149. The molecule has 12 rings (SSSR count). The highest BCUT2D eigenvalue weighted by molar-refractivity contribution is 5.89. The standard InChI is InChI=1S/C30H41N3O4.C28H37N3O3/c1-2-37-28(34)19-31-27-13-6-5-12-26(27)29(35)33(30(31)36)25-17-22-10-7-11-23(18-25)32(22)24-15-20-8-3-4-9-21(14-20)16-24;1-2-34-28(33)26-29-25-12-4-3-11-24(25)27(32)31(26)23-16-20-9-6-10-21(17-23)30(20)22-14-18-7-5-8-19(13-18)15-22/h5-6,12-13,20-25H,2-4,7-11,14-19H2,1H3;3-4,11-12,18-23H,2,5-10,13-17H2,1H3. The van der Waals surface area contributed by atoms with Gasteiger partial charge in [0, 0.05) is 48.3 Å². The van der Waals surface area contributed by atoms with Gasteiger partial charge in [-0.3, -0.25) is 37.9 Å². The molecule has 4 aromatic rings. The molecule has 8 bridgehead atoms. The van der Waals surface area contributed by atoms with E-state index in [-0.39, 0.29) is 54.5 Å². The molecule has 8 aliphatic rings. The predicted molar refractivity (Wildman–Crippen MR) is 276 cm³/mol. The summed E-state index contributed by atoms with van der Waals surface area (Å²) in [5.74, 6) is 2.82. The number of rotatable bonds is 9. The molecule has 0 amide bonds. The summed E-state index contributed by atoms with van der Waals surface area (Å²) < 4.78 is 15.1. The number of hydrogen-bond donors (Lipinski definition) is 0. The first-order chi connectivity index (χ1) is 34.6. The van der Waals surface area contributed by atoms with E-state index < -0.39 is 11.9 Å². The Kier molecular flexibility index (Phi) is 14.4. The lowest BCUT2D eigenvalue weighted by Gasteiger charge is -2.55. The maximum absolute atomic E-state index is 13.8. The molecule has 4 saturated heterocycles. The van der Waals surface area contributed by atoms with Crippen molar-refractivity contribution in [1.29, 1.82) is 0 Å². The van der Waals surface area contributed by atoms with Crippen LogP contribution in [0.15, 0.2) is 62.9 Å². The average Bonchev–Trinajstić information content (AvgIpc) is 3.53. The minimum absolute atomic E-state index is 0.00125. The zero-order valence-corrected chi connectivity index (χ0v) is 42.5. The molecule has 382 valence electrons. The fourth-order valence-corrected chi connectivity index (χ4v) is 16.4. The van der Waals surface area contributed by atoms with Crippen molar-refractivity contribution in [2.75, 3.05) is 13.2 Å². The first kappa shape index (κ1) is 48.6. The van der Waals surface area contributed by atoms with Crippen LogP contribution in [0.25, 0.3) is 21.8 Å². The summed E-state index contributed by atoms with van der Waals surface area (Å²) in [4.78, 5) is 76.9. The van der Waals surface area contributed by atoms with Gasteiger partial charge in [0.05, 0.1) is 35.0 Å². The molecule has 0 N–H and O–H groups in total. The van der Waals surface area contributed by atoms with Crippen LogP contribution >= 0.6 is 0 Å². The third kappa shape index (κ3) is 9.72. The Morgan fingerprint density at radius 2 is 0.972 bits per heavy atom. The second-order valence-corrected chi connectivity index (χ2v) is 23.2. The molecule has 8 fully saturated rings. The minimum atomic E-state index is -0.488. The molecule has 8 atom stereocenters. The van der Waals surface area contributed by atoms with Crippen LogP contribution in [0.3, 0.4) is 0 Å². The first-order valence-corrected chi connectivity index (χ1v) is 28.3. The van der Waals surface area contributed by atoms with Crippen molar-refractivity contribution in [2.45, 2.75) is 216 Å². The molecular formula is C58H78N6O7. The van der Waals surface area contributed by atoms with E-state index in [1.54, 1.807) is 42.7 Å². The number of ether oxygens (including phenoxy) is 2. The highest BCUT2D eigenvalue weighted by Gasteiger charge is 2.47. The van der Waals surface area contributed by atoms with Crippen molar-refractivity contribution < 1.29 is 19.1 Å². The van der Waals surface area contributed by atoms with Crippen LogP contribution in [-0.2, 0) is 20.8 Å². The normalized spacial score (nSPS) is 32.8. The number of para-hydroxylation sites is 2. The summed E-state index contributed by atoms with van der Waals surface area (Å²) in [6, 6.07) is 17.6. The fraction of sp³-hybridized carbons (Fsp3) is 0.690. The molecule has 2 aromatic heterocycles. The van der Waals surface area contributed by atoms with Crippen LogP contribution in [0.4, 0.5) is 0 Å². The van der Waals surface area contributed by atoms with Gasteiger partial charge >= 0.3 is 17.6 Å². The highest BCUT2D eigenvalue weighted by Crippen LogP contribution is 2.49. The number of fused-ring (bicyclic) bond motifs is 10. The highest BCUT2D eigenvalue weighted by atomic mass is 16.5. The van der Waals surface area contributed by atoms with Crippen LogP contribution in [0.2, 0.25) is 0 Å². The Morgan fingerprint density at radius 1 is 0.507 bits per heavy atom. The maximum Gasteiger partial charge on any atom is 0.374 e. The number of piperidine rings is 4. The Morgan fingerprint density at radius 3 is 1.52 bits per heavy atom. The first-order valence-electron chi connectivity index (χ1n) is 28.3. The predicted octanol–water partition coefficient (Wildman–Crippen LogP) is 9.74. The molecule has 4 saturated carbocycles. The molecule has 4 aliphatic heterocycles. The van der Waals surface area contributed by atoms with E-state index in [9.17, 15) is 24.0 Å². The summed E-state index contributed by atoms with van der Waals surface area (Å²) in [5.41, 5.74) is 0.373. The number of aromatic nitrogens is 4. The Bertz CT molecular complexity index is 2710. The smallest absolute Gasteiger partial charge is 0.374 e. The van der Waals surface area contributed by atoms with Gasteiger partial charge in [-0.25, -0.2) is 14.6 Å². The van der Waals surface area contributed by atoms with E-state index in [4.69, 9.17) is 9.47 Å². The maximum atomic E-state index is 13.8. The number of esters is 2.